The number of hydrogen-bond acceptors (Lipinski definition) is 4. The monoisotopic (exact) mass is 408 g/mol. The molecule has 1 saturated heterocycles. The number of hydrogen-bond donors (Lipinski definition) is 3. The Morgan fingerprint density at radius 1 is 1.00 bits per heavy atom. The second-order valence-corrected chi connectivity index (χ2v) is 7.22. The molecule has 8 heteroatoms. The lowest BCUT2D eigenvalue weighted by Crippen LogP contribution is -2.44. The third-order valence-corrected chi connectivity index (χ3v) is 4.77. The highest BCUT2D eigenvalue weighted by Gasteiger charge is 2.35. The van der Waals surface area contributed by atoms with Gasteiger partial charge in [-0.2, -0.15) is 0 Å². The van der Waals surface area contributed by atoms with E-state index in [1.807, 2.05) is 30.3 Å². The molecule has 30 heavy (non-hydrogen) atoms. The maximum atomic E-state index is 12.6. The van der Waals surface area contributed by atoms with Gasteiger partial charge in [0, 0.05) is 37.0 Å². The fraction of sp³-hybridized carbons (Fsp3) is 0.273. The lowest BCUT2D eigenvalue weighted by Gasteiger charge is -2.18. The zero-order valence-electron chi connectivity index (χ0n) is 16.8. The lowest BCUT2D eigenvalue weighted by molar-refractivity contribution is -0.129. The van der Waals surface area contributed by atoms with Gasteiger partial charge < -0.3 is 20.9 Å². The summed E-state index contributed by atoms with van der Waals surface area (Å²) >= 11 is 0. The minimum Gasteiger partial charge on any atom is -0.344 e. The van der Waals surface area contributed by atoms with Gasteiger partial charge in [0.25, 0.3) is 0 Å². The molecular weight excluding hydrogens is 384 g/mol. The Kier molecular flexibility index (Phi) is 6.46. The fourth-order valence-electron chi connectivity index (χ4n) is 3.27. The van der Waals surface area contributed by atoms with Crippen molar-refractivity contribution in [2.24, 2.45) is 5.92 Å². The predicted octanol–water partition coefficient (Wildman–Crippen LogP) is 2.14. The standard InChI is InChI=1S/C22H24N4O4/c1-14(21(29)25-18-8-6-7-17(12-18)24-15(2)27)23-22(30)16-11-20(28)26(13-16)19-9-4-3-5-10-19/h3-10,12,14,16H,11,13H2,1-2H3,(H,23,30)(H,24,27)(H,25,29)/t14-,16?/m0/s1. The van der Waals surface area contributed by atoms with Crippen molar-refractivity contribution < 1.29 is 19.2 Å². The smallest absolute Gasteiger partial charge is 0.246 e. The zero-order chi connectivity index (χ0) is 21.7. The maximum absolute atomic E-state index is 12.6. The van der Waals surface area contributed by atoms with E-state index in [1.165, 1.54) is 6.92 Å². The Morgan fingerprint density at radius 3 is 2.33 bits per heavy atom. The van der Waals surface area contributed by atoms with Crippen molar-refractivity contribution in [3.05, 3.63) is 54.6 Å². The van der Waals surface area contributed by atoms with Crippen LogP contribution in [-0.4, -0.2) is 36.2 Å². The second-order valence-electron chi connectivity index (χ2n) is 7.22. The second kappa shape index (κ2) is 9.21. The number of carbonyl (C=O) groups is 4. The Balaban J connectivity index is 1.56. The molecule has 1 fully saturated rings. The Bertz CT molecular complexity index is 961. The molecule has 0 saturated carbocycles. The van der Waals surface area contributed by atoms with Crippen LogP contribution < -0.4 is 20.9 Å². The first-order valence-electron chi connectivity index (χ1n) is 9.68. The van der Waals surface area contributed by atoms with E-state index >= 15 is 0 Å². The Labute approximate surface area is 174 Å². The molecule has 156 valence electrons. The summed E-state index contributed by atoms with van der Waals surface area (Å²) in [5.41, 5.74) is 1.81. The quantitative estimate of drug-likeness (QED) is 0.681. The number of carbonyl (C=O) groups excluding carboxylic acids is 4. The average Bonchev–Trinajstić information content (AvgIpc) is 3.10. The van der Waals surface area contributed by atoms with E-state index in [0.717, 1.165) is 5.69 Å². The van der Waals surface area contributed by atoms with Crippen molar-refractivity contribution in [3.8, 4) is 0 Å². The van der Waals surface area contributed by atoms with Crippen molar-refractivity contribution >= 4 is 40.7 Å². The van der Waals surface area contributed by atoms with Crippen LogP contribution in [0.4, 0.5) is 17.1 Å². The van der Waals surface area contributed by atoms with Crippen LogP contribution in [0.3, 0.4) is 0 Å². The van der Waals surface area contributed by atoms with Crippen LogP contribution in [0.15, 0.2) is 54.6 Å². The van der Waals surface area contributed by atoms with E-state index in [0.29, 0.717) is 11.4 Å². The van der Waals surface area contributed by atoms with Crippen LogP contribution in [0.2, 0.25) is 0 Å². The summed E-state index contributed by atoms with van der Waals surface area (Å²) in [6.45, 7) is 3.26. The molecule has 0 aromatic heterocycles. The summed E-state index contributed by atoms with van der Waals surface area (Å²) in [6, 6.07) is 15.1. The molecule has 2 aromatic rings. The Morgan fingerprint density at radius 2 is 1.67 bits per heavy atom. The number of para-hydroxylation sites is 1. The van der Waals surface area contributed by atoms with E-state index in [-0.39, 0.29) is 30.7 Å². The molecule has 0 radical (unpaired) electrons. The van der Waals surface area contributed by atoms with Crippen LogP contribution in [0.1, 0.15) is 20.3 Å². The molecule has 3 rings (SSSR count). The molecule has 8 nitrogen and oxygen atoms in total. The maximum Gasteiger partial charge on any atom is 0.246 e. The van der Waals surface area contributed by atoms with E-state index in [4.69, 9.17) is 0 Å². The van der Waals surface area contributed by atoms with Gasteiger partial charge in [-0.05, 0) is 37.3 Å². The minimum atomic E-state index is -0.789. The van der Waals surface area contributed by atoms with Gasteiger partial charge in [0.2, 0.25) is 23.6 Å². The molecule has 0 bridgehead atoms. The number of nitrogens with zero attached hydrogens (tertiary/aromatic N) is 1. The summed E-state index contributed by atoms with van der Waals surface area (Å²) in [5, 5.41) is 8.04. The highest BCUT2D eigenvalue weighted by atomic mass is 16.2. The molecule has 1 aliphatic rings. The van der Waals surface area contributed by atoms with Crippen LogP contribution in [0.25, 0.3) is 0 Å². The molecule has 1 aliphatic heterocycles. The van der Waals surface area contributed by atoms with Gasteiger partial charge in [-0.25, -0.2) is 0 Å². The molecule has 1 unspecified atom stereocenters. The number of rotatable bonds is 6. The van der Waals surface area contributed by atoms with Crippen LogP contribution in [0, 0.1) is 5.92 Å². The van der Waals surface area contributed by atoms with Crippen LogP contribution in [-0.2, 0) is 19.2 Å². The first kappa shape index (κ1) is 21.0. The third kappa shape index (κ3) is 5.22. The van der Waals surface area contributed by atoms with Gasteiger partial charge >= 0.3 is 0 Å². The van der Waals surface area contributed by atoms with E-state index in [1.54, 1.807) is 36.1 Å². The number of benzene rings is 2. The molecular formula is C22H24N4O4. The first-order valence-corrected chi connectivity index (χ1v) is 9.68. The molecule has 1 heterocycles. The summed E-state index contributed by atoms with van der Waals surface area (Å²) in [6.07, 6.45) is 0.105. The normalized spacial score (nSPS) is 16.7. The van der Waals surface area contributed by atoms with Crippen molar-refractivity contribution in [1.29, 1.82) is 0 Å². The molecule has 0 spiro atoms. The summed E-state index contributed by atoms with van der Waals surface area (Å²) in [7, 11) is 0. The van der Waals surface area contributed by atoms with Gasteiger partial charge in [-0.15, -0.1) is 0 Å². The summed E-state index contributed by atoms with van der Waals surface area (Å²) in [5.74, 6) is -1.58. The van der Waals surface area contributed by atoms with Gasteiger partial charge in [0.15, 0.2) is 0 Å². The van der Waals surface area contributed by atoms with E-state index < -0.39 is 17.9 Å². The minimum absolute atomic E-state index is 0.105. The first-order chi connectivity index (χ1) is 14.3. The highest BCUT2D eigenvalue weighted by Crippen LogP contribution is 2.25. The summed E-state index contributed by atoms with van der Waals surface area (Å²) < 4.78 is 0. The predicted molar refractivity (Wildman–Crippen MR) is 114 cm³/mol. The SMILES string of the molecule is CC(=O)Nc1cccc(NC(=O)[C@H](C)NC(=O)C2CC(=O)N(c3ccccc3)C2)c1. The number of anilines is 3. The summed E-state index contributed by atoms with van der Waals surface area (Å²) in [4.78, 5) is 50.1. The van der Waals surface area contributed by atoms with Gasteiger partial charge in [-0.3, -0.25) is 19.2 Å². The third-order valence-electron chi connectivity index (χ3n) is 4.77. The molecule has 3 N–H and O–H groups in total. The molecule has 0 aliphatic carbocycles. The van der Waals surface area contributed by atoms with Gasteiger partial charge in [-0.1, -0.05) is 24.3 Å². The van der Waals surface area contributed by atoms with E-state index in [2.05, 4.69) is 16.0 Å². The van der Waals surface area contributed by atoms with Gasteiger partial charge in [0.1, 0.15) is 6.04 Å². The lowest BCUT2D eigenvalue weighted by atomic mass is 10.1. The van der Waals surface area contributed by atoms with Crippen molar-refractivity contribution in [2.75, 3.05) is 22.1 Å². The average molecular weight is 408 g/mol. The van der Waals surface area contributed by atoms with Gasteiger partial charge in [0.05, 0.1) is 5.92 Å². The van der Waals surface area contributed by atoms with Crippen molar-refractivity contribution in [1.82, 2.24) is 5.32 Å². The molecule has 2 atom stereocenters. The topological polar surface area (TPSA) is 108 Å². The fourth-order valence-corrected chi connectivity index (χ4v) is 3.27. The number of amides is 4. The Hall–Kier alpha value is -3.68. The van der Waals surface area contributed by atoms with Crippen LogP contribution >= 0.6 is 0 Å². The van der Waals surface area contributed by atoms with Crippen molar-refractivity contribution in [3.63, 3.8) is 0 Å². The highest BCUT2D eigenvalue weighted by molar-refractivity contribution is 6.02. The zero-order valence-corrected chi connectivity index (χ0v) is 16.8. The largest absolute Gasteiger partial charge is 0.344 e. The van der Waals surface area contributed by atoms with E-state index in [9.17, 15) is 19.2 Å². The van der Waals surface area contributed by atoms with Crippen molar-refractivity contribution in [2.45, 2.75) is 26.3 Å². The molecule has 4 amide bonds. The molecule has 2 aromatic carbocycles. The van der Waals surface area contributed by atoms with Crippen LogP contribution in [0.5, 0.6) is 0 Å². The number of nitrogens with one attached hydrogen (secondary N) is 3.